The van der Waals surface area contributed by atoms with Crippen LogP contribution in [-0.2, 0) is 10.0 Å². The molecule has 1 aliphatic rings. The average Bonchev–Trinajstić information content (AvgIpc) is 2.53. The summed E-state index contributed by atoms with van der Waals surface area (Å²) >= 11 is 0. The molecule has 0 aromatic heterocycles. The number of carbonyl (C=O) groups excluding carboxylic acids is 1. The van der Waals surface area contributed by atoms with Crippen molar-refractivity contribution in [3.05, 3.63) is 23.8 Å². The molecule has 2 unspecified atom stereocenters. The van der Waals surface area contributed by atoms with Crippen molar-refractivity contribution in [3.8, 4) is 5.75 Å². The molecule has 1 aromatic rings. The lowest BCUT2D eigenvalue weighted by Gasteiger charge is -2.28. The van der Waals surface area contributed by atoms with Gasteiger partial charge < -0.3 is 15.4 Å². The monoisotopic (exact) mass is 369 g/mol. The van der Waals surface area contributed by atoms with Gasteiger partial charge in [-0.3, -0.25) is 4.79 Å². The van der Waals surface area contributed by atoms with Crippen molar-refractivity contribution >= 4 is 15.9 Å². The highest BCUT2D eigenvalue weighted by atomic mass is 32.2. The lowest BCUT2D eigenvalue weighted by molar-refractivity contribution is 0.0925. The third-order valence-electron chi connectivity index (χ3n) is 4.07. The Morgan fingerprint density at radius 2 is 2.08 bits per heavy atom. The van der Waals surface area contributed by atoms with Gasteiger partial charge in [-0.15, -0.1) is 0 Å². The molecule has 2 rings (SSSR count). The highest BCUT2D eigenvalue weighted by Crippen LogP contribution is 2.25. The number of amides is 1. The van der Waals surface area contributed by atoms with Gasteiger partial charge in [0, 0.05) is 23.7 Å². The SMILES string of the molecule is COc1ccc(C(=O)NC2CCNC(C)C2)cc1S(=O)(=O)NC(C)C. The van der Waals surface area contributed by atoms with Gasteiger partial charge in [0.15, 0.2) is 0 Å². The van der Waals surface area contributed by atoms with E-state index in [0.29, 0.717) is 11.6 Å². The molecule has 7 nitrogen and oxygen atoms in total. The number of carbonyl (C=O) groups is 1. The van der Waals surface area contributed by atoms with E-state index in [0.717, 1.165) is 19.4 Å². The van der Waals surface area contributed by atoms with Crippen molar-refractivity contribution in [1.29, 1.82) is 0 Å². The minimum atomic E-state index is -3.77. The van der Waals surface area contributed by atoms with Crippen LogP contribution in [0.5, 0.6) is 5.75 Å². The maximum atomic E-state index is 12.5. The fraction of sp³-hybridized carbons (Fsp3) is 0.588. The first-order valence-corrected chi connectivity index (χ1v) is 9.96. The van der Waals surface area contributed by atoms with Crippen LogP contribution >= 0.6 is 0 Å². The molecule has 8 heteroatoms. The van der Waals surface area contributed by atoms with Crippen LogP contribution < -0.4 is 20.1 Å². The van der Waals surface area contributed by atoms with Crippen LogP contribution in [0.15, 0.2) is 23.1 Å². The van der Waals surface area contributed by atoms with E-state index in [1.807, 2.05) is 0 Å². The number of ether oxygens (including phenoxy) is 1. The number of hydrogen-bond acceptors (Lipinski definition) is 5. The summed E-state index contributed by atoms with van der Waals surface area (Å²) in [5.41, 5.74) is 0.302. The summed E-state index contributed by atoms with van der Waals surface area (Å²) in [4.78, 5) is 12.5. The van der Waals surface area contributed by atoms with Crippen molar-refractivity contribution in [2.24, 2.45) is 0 Å². The van der Waals surface area contributed by atoms with Gasteiger partial charge in [0.2, 0.25) is 10.0 Å². The Hall–Kier alpha value is -1.64. The fourth-order valence-electron chi connectivity index (χ4n) is 2.93. The maximum absolute atomic E-state index is 12.5. The third-order valence-corrected chi connectivity index (χ3v) is 5.74. The molecule has 25 heavy (non-hydrogen) atoms. The molecule has 0 aliphatic carbocycles. The second kappa shape index (κ2) is 8.16. The quantitative estimate of drug-likeness (QED) is 0.701. The molecule has 1 aliphatic heterocycles. The number of methoxy groups -OCH3 is 1. The summed E-state index contributed by atoms with van der Waals surface area (Å²) in [5, 5.41) is 6.32. The van der Waals surface area contributed by atoms with Crippen LogP contribution in [0.2, 0.25) is 0 Å². The average molecular weight is 369 g/mol. The number of piperidine rings is 1. The lowest BCUT2D eigenvalue weighted by atomic mass is 10.0. The third kappa shape index (κ3) is 5.17. The van der Waals surface area contributed by atoms with E-state index in [-0.39, 0.29) is 28.6 Å². The molecule has 0 saturated carbocycles. The van der Waals surface area contributed by atoms with Gasteiger partial charge >= 0.3 is 0 Å². The lowest BCUT2D eigenvalue weighted by Crippen LogP contribution is -2.46. The van der Waals surface area contributed by atoms with E-state index < -0.39 is 10.0 Å². The predicted octanol–water partition coefficient (Wildman–Crippen LogP) is 1.25. The molecule has 0 bridgehead atoms. The van der Waals surface area contributed by atoms with E-state index in [1.54, 1.807) is 19.9 Å². The minimum Gasteiger partial charge on any atom is -0.495 e. The van der Waals surface area contributed by atoms with Gasteiger partial charge in [0.25, 0.3) is 5.91 Å². The number of rotatable bonds is 6. The van der Waals surface area contributed by atoms with Crippen molar-refractivity contribution in [1.82, 2.24) is 15.4 Å². The summed E-state index contributed by atoms with van der Waals surface area (Å²) in [6.45, 7) is 6.40. The first-order valence-electron chi connectivity index (χ1n) is 8.47. The van der Waals surface area contributed by atoms with Crippen LogP contribution in [-0.4, -0.2) is 46.1 Å². The highest BCUT2D eigenvalue weighted by molar-refractivity contribution is 7.89. The van der Waals surface area contributed by atoms with Gasteiger partial charge in [0.1, 0.15) is 10.6 Å². The van der Waals surface area contributed by atoms with Crippen LogP contribution in [0.25, 0.3) is 0 Å². The zero-order chi connectivity index (χ0) is 18.6. The summed E-state index contributed by atoms with van der Waals surface area (Å²) in [7, 11) is -2.36. The highest BCUT2D eigenvalue weighted by Gasteiger charge is 2.24. The van der Waals surface area contributed by atoms with E-state index in [2.05, 4.69) is 22.3 Å². The largest absolute Gasteiger partial charge is 0.495 e. The van der Waals surface area contributed by atoms with Crippen molar-refractivity contribution < 1.29 is 17.9 Å². The Bertz CT molecular complexity index is 719. The van der Waals surface area contributed by atoms with Crippen LogP contribution in [0, 0.1) is 0 Å². The molecule has 140 valence electrons. The normalized spacial score (nSPS) is 21.2. The topological polar surface area (TPSA) is 96.5 Å². The Kier molecular flexibility index (Phi) is 6.42. The van der Waals surface area contributed by atoms with Crippen LogP contribution in [0.1, 0.15) is 44.0 Å². The number of benzene rings is 1. The first-order chi connectivity index (χ1) is 11.7. The predicted molar refractivity (Wildman–Crippen MR) is 96.4 cm³/mol. The molecular formula is C17H27N3O4S. The Labute approximate surface area is 149 Å². The Morgan fingerprint density at radius 3 is 2.68 bits per heavy atom. The molecule has 1 amide bonds. The molecule has 1 aromatic carbocycles. The van der Waals surface area contributed by atoms with Crippen LogP contribution in [0.3, 0.4) is 0 Å². The maximum Gasteiger partial charge on any atom is 0.251 e. The van der Waals surface area contributed by atoms with E-state index in [1.165, 1.54) is 19.2 Å². The molecule has 0 radical (unpaired) electrons. The molecule has 1 fully saturated rings. The van der Waals surface area contributed by atoms with Crippen molar-refractivity contribution in [2.75, 3.05) is 13.7 Å². The molecule has 1 heterocycles. The number of hydrogen-bond donors (Lipinski definition) is 3. The van der Waals surface area contributed by atoms with E-state index >= 15 is 0 Å². The van der Waals surface area contributed by atoms with E-state index in [9.17, 15) is 13.2 Å². The summed E-state index contributed by atoms with van der Waals surface area (Å²) < 4.78 is 32.7. The van der Waals surface area contributed by atoms with E-state index in [4.69, 9.17) is 4.74 Å². The zero-order valence-electron chi connectivity index (χ0n) is 15.1. The first kappa shape index (κ1) is 19.7. The smallest absolute Gasteiger partial charge is 0.251 e. The fourth-order valence-corrected chi connectivity index (χ4v) is 4.38. The van der Waals surface area contributed by atoms with Gasteiger partial charge in [0.05, 0.1) is 7.11 Å². The molecule has 1 saturated heterocycles. The van der Waals surface area contributed by atoms with Crippen LogP contribution in [0.4, 0.5) is 0 Å². The Morgan fingerprint density at radius 1 is 1.36 bits per heavy atom. The second-order valence-electron chi connectivity index (χ2n) is 6.69. The molecular weight excluding hydrogens is 342 g/mol. The summed E-state index contributed by atoms with van der Waals surface area (Å²) in [6.07, 6.45) is 1.70. The minimum absolute atomic E-state index is 0.0324. The number of nitrogens with one attached hydrogen (secondary N) is 3. The standard InChI is InChI=1S/C17H27N3O4S/c1-11(2)20-25(22,23)16-10-13(5-6-15(16)24-4)17(21)19-14-7-8-18-12(3)9-14/h5-6,10-12,14,18,20H,7-9H2,1-4H3,(H,19,21). The summed E-state index contributed by atoms with van der Waals surface area (Å²) in [5.74, 6) is -0.0667. The molecule has 2 atom stereocenters. The summed E-state index contributed by atoms with van der Waals surface area (Å²) in [6, 6.07) is 4.62. The molecule has 3 N–H and O–H groups in total. The van der Waals surface area contributed by atoms with Gasteiger partial charge in [-0.1, -0.05) is 0 Å². The Balaban J connectivity index is 2.24. The van der Waals surface area contributed by atoms with Gasteiger partial charge in [-0.2, -0.15) is 0 Å². The number of sulfonamides is 1. The zero-order valence-corrected chi connectivity index (χ0v) is 15.9. The van der Waals surface area contributed by atoms with Gasteiger partial charge in [-0.25, -0.2) is 13.1 Å². The van der Waals surface area contributed by atoms with Crippen molar-refractivity contribution in [3.63, 3.8) is 0 Å². The molecule has 0 spiro atoms. The van der Waals surface area contributed by atoms with Crippen molar-refractivity contribution in [2.45, 2.75) is 56.6 Å². The van der Waals surface area contributed by atoms with Gasteiger partial charge in [-0.05, 0) is 58.4 Å². The second-order valence-corrected chi connectivity index (χ2v) is 8.37.